The van der Waals surface area contributed by atoms with Crippen molar-refractivity contribution in [3.05, 3.63) is 33.1 Å². The zero-order chi connectivity index (χ0) is 20.1. The quantitative estimate of drug-likeness (QED) is 0.491. The van der Waals surface area contributed by atoms with Crippen molar-refractivity contribution in [2.75, 3.05) is 13.2 Å². The molecule has 1 unspecified atom stereocenters. The Balaban J connectivity index is 2.18. The van der Waals surface area contributed by atoms with Gasteiger partial charge in [0.2, 0.25) is 0 Å². The Morgan fingerprint density at radius 3 is 2.67 bits per heavy atom. The van der Waals surface area contributed by atoms with Crippen LogP contribution >= 0.6 is 27.7 Å². The van der Waals surface area contributed by atoms with Crippen molar-refractivity contribution in [3.8, 4) is 5.75 Å². The second-order valence-corrected chi connectivity index (χ2v) is 7.20. The van der Waals surface area contributed by atoms with Crippen LogP contribution in [-0.4, -0.2) is 52.3 Å². The number of hydrogen-bond acceptors (Lipinski definition) is 7. The summed E-state index contributed by atoms with van der Waals surface area (Å²) in [6.07, 6.45) is 1.51. The number of nitrogens with zero attached hydrogens (tertiary/aromatic N) is 1. The fraction of sp³-hybridized carbons (Fsp3) is 0.294. The number of carboxylic acid groups (broad SMARTS) is 1. The largest absolute Gasteiger partial charge is 0.481 e. The molecule has 2 amide bonds. The van der Waals surface area contributed by atoms with Gasteiger partial charge in [0, 0.05) is 0 Å². The van der Waals surface area contributed by atoms with Crippen LogP contribution in [0.2, 0.25) is 0 Å². The zero-order valence-corrected chi connectivity index (χ0v) is 16.8. The Labute approximate surface area is 167 Å². The highest BCUT2D eigenvalue weighted by Crippen LogP contribution is 2.35. The normalized spacial score (nSPS) is 16.6. The summed E-state index contributed by atoms with van der Waals surface area (Å²) in [6.45, 7) is 2.74. The number of esters is 1. The number of carbonyl (C=O) groups is 4. The van der Waals surface area contributed by atoms with Gasteiger partial charge in [0.15, 0.2) is 6.61 Å². The number of carbonyl (C=O) groups excluding carboxylic acids is 3. The molecule has 1 aliphatic heterocycles. The Bertz CT molecular complexity index is 823. The van der Waals surface area contributed by atoms with Crippen LogP contribution < -0.4 is 4.74 Å². The fourth-order valence-corrected chi connectivity index (χ4v) is 3.62. The molecule has 0 bridgehead atoms. The maximum absolute atomic E-state index is 12.5. The number of halogens is 1. The highest BCUT2D eigenvalue weighted by Gasteiger charge is 2.41. The number of aliphatic carboxylic acids is 1. The average Bonchev–Trinajstić information content (AvgIpc) is 2.87. The van der Waals surface area contributed by atoms with E-state index >= 15 is 0 Å². The lowest BCUT2D eigenvalue weighted by Crippen LogP contribution is -2.42. The van der Waals surface area contributed by atoms with Crippen molar-refractivity contribution in [2.24, 2.45) is 0 Å². The Hall–Kier alpha value is -2.33. The highest BCUT2D eigenvalue weighted by atomic mass is 79.9. The molecule has 0 aliphatic carbocycles. The molecular formula is C17H16BrNO7S. The highest BCUT2D eigenvalue weighted by molar-refractivity contribution is 9.10. The van der Waals surface area contributed by atoms with Gasteiger partial charge in [-0.2, -0.15) is 0 Å². The smallest absolute Gasteiger partial charge is 0.341 e. The first-order valence-electron chi connectivity index (χ1n) is 7.82. The summed E-state index contributed by atoms with van der Waals surface area (Å²) < 4.78 is 10.5. The molecule has 1 aliphatic rings. The van der Waals surface area contributed by atoms with E-state index in [2.05, 4.69) is 15.9 Å². The maximum Gasteiger partial charge on any atom is 0.341 e. The summed E-state index contributed by atoms with van der Waals surface area (Å²) >= 11 is 4.00. The van der Waals surface area contributed by atoms with Crippen LogP contribution in [0.15, 0.2) is 27.6 Å². The van der Waals surface area contributed by atoms with Gasteiger partial charge >= 0.3 is 11.9 Å². The van der Waals surface area contributed by atoms with E-state index in [9.17, 15) is 19.2 Å². The van der Waals surface area contributed by atoms with Crippen LogP contribution in [0.25, 0.3) is 6.08 Å². The fourth-order valence-electron chi connectivity index (χ4n) is 2.20. The number of ether oxygens (including phenoxy) is 2. The van der Waals surface area contributed by atoms with Gasteiger partial charge in [0.1, 0.15) is 11.8 Å². The number of imide groups is 1. The summed E-state index contributed by atoms with van der Waals surface area (Å²) in [5.74, 6) is -1.99. The van der Waals surface area contributed by atoms with Gasteiger partial charge in [-0.15, -0.1) is 0 Å². The molecule has 0 saturated carbocycles. The monoisotopic (exact) mass is 457 g/mol. The number of benzene rings is 1. The van der Waals surface area contributed by atoms with E-state index in [0.29, 0.717) is 15.8 Å². The van der Waals surface area contributed by atoms with E-state index in [-0.39, 0.29) is 11.5 Å². The molecule has 1 saturated heterocycles. The molecule has 1 heterocycles. The molecule has 1 aromatic carbocycles. The van der Waals surface area contributed by atoms with Crippen molar-refractivity contribution in [1.29, 1.82) is 0 Å². The van der Waals surface area contributed by atoms with Crippen molar-refractivity contribution < 1.29 is 33.8 Å². The zero-order valence-electron chi connectivity index (χ0n) is 14.4. The predicted octanol–water partition coefficient (Wildman–Crippen LogP) is 2.90. The number of carboxylic acids is 1. The van der Waals surface area contributed by atoms with Crippen molar-refractivity contribution in [2.45, 2.75) is 19.9 Å². The van der Waals surface area contributed by atoms with E-state index in [0.717, 1.165) is 16.7 Å². The third-order valence-corrected chi connectivity index (χ3v) is 4.95. The van der Waals surface area contributed by atoms with Crippen LogP contribution in [-0.2, 0) is 19.1 Å². The summed E-state index contributed by atoms with van der Waals surface area (Å²) in [7, 11) is 0. The van der Waals surface area contributed by atoms with Crippen molar-refractivity contribution >= 4 is 56.9 Å². The van der Waals surface area contributed by atoms with Crippen molar-refractivity contribution in [3.63, 3.8) is 0 Å². The van der Waals surface area contributed by atoms with Gasteiger partial charge in [0.25, 0.3) is 11.1 Å². The standard InChI is InChI=1S/C17H16BrNO7S/c1-3-25-16(23)9(2)19-15(22)13(27-17(19)24)7-10-4-5-12(11(18)6-10)26-8-14(20)21/h4-7,9H,3,8H2,1-2H3,(H,20,21)/b13-7-. The predicted molar refractivity (Wildman–Crippen MR) is 101 cm³/mol. The molecule has 10 heteroatoms. The minimum Gasteiger partial charge on any atom is -0.481 e. The molecule has 144 valence electrons. The Kier molecular flexibility index (Phi) is 7.03. The second-order valence-electron chi connectivity index (χ2n) is 5.35. The van der Waals surface area contributed by atoms with Crippen LogP contribution in [0.3, 0.4) is 0 Å². The third-order valence-electron chi connectivity index (χ3n) is 3.44. The van der Waals surface area contributed by atoms with Gasteiger partial charge < -0.3 is 14.6 Å². The Morgan fingerprint density at radius 2 is 2.07 bits per heavy atom. The summed E-state index contributed by atoms with van der Waals surface area (Å²) in [5, 5.41) is 8.10. The lowest BCUT2D eigenvalue weighted by Gasteiger charge is -2.19. The maximum atomic E-state index is 12.5. The van der Waals surface area contributed by atoms with Gasteiger partial charge in [-0.05, 0) is 65.3 Å². The number of thioether (sulfide) groups is 1. The van der Waals surface area contributed by atoms with E-state index in [1.165, 1.54) is 13.0 Å². The third kappa shape index (κ3) is 5.10. The second kappa shape index (κ2) is 9.05. The SMILES string of the molecule is CCOC(=O)C(C)N1C(=O)S/C(=C\c2ccc(OCC(=O)O)c(Br)c2)C1=O. The number of amides is 2. The van der Waals surface area contributed by atoms with E-state index < -0.39 is 35.7 Å². The first-order valence-corrected chi connectivity index (χ1v) is 9.43. The van der Waals surface area contributed by atoms with Gasteiger partial charge in [-0.1, -0.05) is 6.07 Å². The van der Waals surface area contributed by atoms with Crippen LogP contribution in [0.1, 0.15) is 19.4 Å². The molecule has 2 rings (SSSR count). The van der Waals surface area contributed by atoms with Gasteiger partial charge in [-0.3, -0.25) is 14.5 Å². The first-order chi connectivity index (χ1) is 12.7. The number of hydrogen-bond donors (Lipinski definition) is 1. The summed E-state index contributed by atoms with van der Waals surface area (Å²) in [4.78, 5) is 48.1. The molecular weight excluding hydrogens is 442 g/mol. The first kappa shape index (κ1) is 21.0. The summed E-state index contributed by atoms with van der Waals surface area (Å²) in [6, 6.07) is 3.77. The molecule has 1 aromatic rings. The lowest BCUT2D eigenvalue weighted by molar-refractivity contribution is -0.150. The Morgan fingerprint density at radius 1 is 1.37 bits per heavy atom. The van der Waals surface area contributed by atoms with E-state index in [4.69, 9.17) is 14.6 Å². The molecule has 0 spiro atoms. The molecule has 1 atom stereocenters. The van der Waals surface area contributed by atoms with Gasteiger partial charge in [-0.25, -0.2) is 9.59 Å². The molecule has 27 heavy (non-hydrogen) atoms. The summed E-state index contributed by atoms with van der Waals surface area (Å²) in [5.41, 5.74) is 0.596. The van der Waals surface area contributed by atoms with Gasteiger partial charge in [0.05, 0.1) is 16.0 Å². The molecule has 1 fully saturated rings. The van der Waals surface area contributed by atoms with E-state index in [1.54, 1.807) is 25.1 Å². The molecule has 0 aromatic heterocycles. The lowest BCUT2D eigenvalue weighted by atomic mass is 10.2. The molecule has 8 nitrogen and oxygen atoms in total. The van der Waals surface area contributed by atoms with E-state index in [1.807, 2.05) is 0 Å². The minimum absolute atomic E-state index is 0.152. The number of rotatable bonds is 7. The van der Waals surface area contributed by atoms with Crippen LogP contribution in [0, 0.1) is 0 Å². The average molecular weight is 458 g/mol. The van der Waals surface area contributed by atoms with Crippen LogP contribution in [0.5, 0.6) is 5.75 Å². The van der Waals surface area contributed by atoms with Crippen LogP contribution in [0.4, 0.5) is 4.79 Å². The topological polar surface area (TPSA) is 110 Å². The minimum atomic E-state index is -1.10. The van der Waals surface area contributed by atoms with Crippen molar-refractivity contribution in [1.82, 2.24) is 4.90 Å². The molecule has 1 N–H and O–H groups in total. The molecule has 0 radical (unpaired) electrons.